The average Bonchev–Trinajstić information content (AvgIpc) is 2.46. The molecule has 0 saturated heterocycles. The highest BCUT2D eigenvalue weighted by atomic mass is 19.3. The van der Waals surface area contributed by atoms with Gasteiger partial charge in [0.1, 0.15) is 11.4 Å². The van der Waals surface area contributed by atoms with Gasteiger partial charge < -0.3 is 10.5 Å². The number of nitrogens with two attached hydrogens (primary N) is 1. The van der Waals surface area contributed by atoms with Crippen molar-refractivity contribution in [2.24, 2.45) is 5.73 Å². The van der Waals surface area contributed by atoms with Crippen LogP contribution in [0, 0.1) is 6.92 Å². The van der Waals surface area contributed by atoms with Gasteiger partial charge in [-0.05, 0) is 19.1 Å². The third kappa shape index (κ3) is 2.96. The summed E-state index contributed by atoms with van der Waals surface area (Å²) in [5.74, 6) is -0.428. The molecule has 0 aliphatic heterocycles. The van der Waals surface area contributed by atoms with Gasteiger partial charge in [-0.2, -0.15) is 0 Å². The van der Waals surface area contributed by atoms with Gasteiger partial charge in [0.25, 0.3) is 12.3 Å². The summed E-state index contributed by atoms with van der Waals surface area (Å²) in [6, 6.07) is 2.78. The molecule has 2 heterocycles. The maximum atomic E-state index is 12.8. The van der Waals surface area contributed by atoms with Gasteiger partial charge in [0.2, 0.25) is 0 Å². The second-order valence-corrected chi connectivity index (χ2v) is 4.35. The number of hydrogen-bond donors (Lipinski definition) is 1. The number of aromatic nitrogens is 2. The van der Waals surface area contributed by atoms with E-state index < -0.39 is 18.0 Å². The SMILES string of the molecule is COc1cnc(C(F)F)cc1-c1cc(C)ncc1C(N)=O. The number of amides is 1. The van der Waals surface area contributed by atoms with Crippen LogP contribution in [0.15, 0.2) is 24.5 Å². The molecule has 0 bridgehead atoms. The first-order chi connectivity index (χ1) is 9.93. The minimum atomic E-state index is -2.73. The molecule has 2 N–H and O–H groups in total. The minimum Gasteiger partial charge on any atom is -0.494 e. The van der Waals surface area contributed by atoms with E-state index in [4.69, 9.17) is 10.5 Å². The Morgan fingerprint density at radius 3 is 2.52 bits per heavy atom. The van der Waals surface area contributed by atoms with Gasteiger partial charge in [0, 0.05) is 23.0 Å². The monoisotopic (exact) mass is 293 g/mol. The largest absolute Gasteiger partial charge is 0.494 e. The van der Waals surface area contributed by atoms with E-state index in [9.17, 15) is 13.6 Å². The maximum absolute atomic E-state index is 12.8. The van der Waals surface area contributed by atoms with E-state index in [0.717, 1.165) is 0 Å². The van der Waals surface area contributed by atoms with Crippen molar-refractivity contribution < 1.29 is 18.3 Å². The normalized spacial score (nSPS) is 10.7. The molecule has 0 aromatic carbocycles. The third-order valence-corrected chi connectivity index (χ3v) is 2.93. The first-order valence-corrected chi connectivity index (χ1v) is 6.03. The number of carbonyl (C=O) groups is 1. The number of alkyl halides is 2. The number of nitrogens with zero attached hydrogens (tertiary/aromatic N) is 2. The van der Waals surface area contributed by atoms with E-state index >= 15 is 0 Å². The standard InChI is InChI=1S/C14H13F2N3O2/c1-7-3-8(10(5-18-7)14(17)20)9-4-11(13(15)16)19-6-12(9)21-2/h3-6,13H,1-2H3,(H2,17,20). The van der Waals surface area contributed by atoms with Gasteiger partial charge in [-0.1, -0.05) is 0 Å². The van der Waals surface area contributed by atoms with Crippen molar-refractivity contribution in [3.05, 3.63) is 41.5 Å². The second-order valence-electron chi connectivity index (χ2n) is 4.35. The Bertz CT molecular complexity index is 690. The minimum absolute atomic E-state index is 0.130. The van der Waals surface area contributed by atoms with Crippen LogP contribution in [0.5, 0.6) is 5.75 Å². The summed E-state index contributed by atoms with van der Waals surface area (Å²) >= 11 is 0. The van der Waals surface area contributed by atoms with Crippen LogP contribution in [0.4, 0.5) is 8.78 Å². The molecule has 110 valence electrons. The molecule has 0 radical (unpaired) electrons. The lowest BCUT2D eigenvalue weighted by Gasteiger charge is -2.13. The highest BCUT2D eigenvalue weighted by Crippen LogP contribution is 2.34. The fourth-order valence-electron chi connectivity index (χ4n) is 1.93. The lowest BCUT2D eigenvalue weighted by molar-refractivity contribution is 0.100. The van der Waals surface area contributed by atoms with Gasteiger partial charge in [-0.3, -0.25) is 14.8 Å². The number of halogens is 2. The Labute approximate surface area is 119 Å². The molecule has 0 aliphatic carbocycles. The number of pyridine rings is 2. The van der Waals surface area contributed by atoms with Gasteiger partial charge in [-0.25, -0.2) is 8.78 Å². The summed E-state index contributed by atoms with van der Waals surface area (Å²) < 4.78 is 30.8. The van der Waals surface area contributed by atoms with E-state index in [1.165, 1.54) is 25.6 Å². The van der Waals surface area contributed by atoms with E-state index in [1.807, 2.05) is 0 Å². The van der Waals surface area contributed by atoms with E-state index in [1.54, 1.807) is 13.0 Å². The fraction of sp³-hybridized carbons (Fsp3) is 0.214. The molecule has 2 rings (SSSR count). The van der Waals surface area contributed by atoms with Crippen LogP contribution >= 0.6 is 0 Å². The van der Waals surface area contributed by atoms with Crippen molar-refractivity contribution in [2.45, 2.75) is 13.3 Å². The Morgan fingerprint density at radius 2 is 1.95 bits per heavy atom. The van der Waals surface area contributed by atoms with Crippen LogP contribution in [0.1, 0.15) is 28.2 Å². The summed E-state index contributed by atoms with van der Waals surface area (Å²) in [6.45, 7) is 1.72. The second kappa shape index (κ2) is 5.82. The molecule has 1 amide bonds. The van der Waals surface area contributed by atoms with Gasteiger partial charge >= 0.3 is 0 Å². The number of carbonyl (C=O) groups excluding carboxylic acids is 1. The Balaban J connectivity index is 2.73. The quantitative estimate of drug-likeness (QED) is 0.939. The third-order valence-electron chi connectivity index (χ3n) is 2.93. The van der Waals surface area contributed by atoms with Crippen LogP contribution in [0.3, 0.4) is 0 Å². The fourth-order valence-corrected chi connectivity index (χ4v) is 1.93. The Morgan fingerprint density at radius 1 is 1.24 bits per heavy atom. The topological polar surface area (TPSA) is 78.1 Å². The zero-order valence-electron chi connectivity index (χ0n) is 11.4. The van der Waals surface area contributed by atoms with Crippen LogP contribution in [-0.4, -0.2) is 23.0 Å². The van der Waals surface area contributed by atoms with Crippen molar-refractivity contribution in [3.63, 3.8) is 0 Å². The molecule has 21 heavy (non-hydrogen) atoms. The molecule has 0 saturated carbocycles. The average molecular weight is 293 g/mol. The zero-order valence-corrected chi connectivity index (χ0v) is 11.4. The van der Waals surface area contributed by atoms with Gasteiger partial charge in [0.15, 0.2) is 0 Å². The molecule has 0 aliphatic rings. The number of methoxy groups -OCH3 is 1. The molecule has 0 spiro atoms. The van der Waals surface area contributed by atoms with Crippen LogP contribution in [-0.2, 0) is 0 Å². The maximum Gasteiger partial charge on any atom is 0.280 e. The first kappa shape index (κ1) is 14.8. The summed E-state index contributed by atoms with van der Waals surface area (Å²) in [5, 5.41) is 0. The molecule has 2 aromatic heterocycles. The molecule has 5 nitrogen and oxygen atoms in total. The first-order valence-electron chi connectivity index (χ1n) is 6.03. The summed E-state index contributed by atoms with van der Waals surface area (Å²) in [4.78, 5) is 19.1. The van der Waals surface area contributed by atoms with E-state index in [2.05, 4.69) is 9.97 Å². The molecule has 0 unspecified atom stereocenters. The van der Waals surface area contributed by atoms with E-state index in [-0.39, 0.29) is 11.3 Å². The summed E-state index contributed by atoms with van der Waals surface area (Å²) in [7, 11) is 1.39. The summed E-state index contributed by atoms with van der Waals surface area (Å²) in [5.41, 5.74) is 6.36. The van der Waals surface area contributed by atoms with Crippen molar-refractivity contribution in [1.82, 2.24) is 9.97 Å². The predicted octanol–water partition coefficient (Wildman–Crippen LogP) is 2.50. The lowest BCUT2D eigenvalue weighted by atomic mass is 9.99. The number of primary amides is 1. The van der Waals surface area contributed by atoms with Crippen LogP contribution < -0.4 is 10.5 Å². The highest BCUT2D eigenvalue weighted by molar-refractivity contribution is 6.00. The molecule has 0 fully saturated rings. The summed E-state index contributed by atoms with van der Waals surface area (Å²) in [6.07, 6.45) is -0.221. The number of rotatable bonds is 4. The van der Waals surface area contributed by atoms with Gasteiger partial charge in [0.05, 0.1) is 18.9 Å². The number of aryl methyl sites for hydroxylation is 1. The molecular formula is C14H13F2N3O2. The Hall–Kier alpha value is -2.57. The van der Waals surface area contributed by atoms with Crippen molar-refractivity contribution in [1.29, 1.82) is 0 Å². The Kier molecular flexibility index (Phi) is 4.11. The number of hydrogen-bond acceptors (Lipinski definition) is 4. The predicted molar refractivity (Wildman–Crippen MR) is 72.2 cm³/mol. The van der Waals surface area contributed by atoms with Crippen LogP contribution in [0.2, 0.25) is 0 Å². The highest BCUT2D eigenvalue weighted by Gasteiger charge is 2.18. The van der Waals surface area contributed by atoms with Crippen LogP contribution in [0.25, 0.3) is 11.1 Å². The van der Waals surface area contributed by atoms with Crippen molar-refractivity contribution in [2.75, 3.05) is 7.11 Å². The van der Waals surface area contributed by atoms with E-state index in [0.29, 0.717) is 16.8 Å². The molecule has 2 aromatic rings. The van der Waals surface area contributed by atoms with Gasteiger partial charge in [-0.15, -0.1) is 0 Å². The molecular weight excluding hydrogens is 280 g/mol. The number of ether oxygens (including phenoxy) is 1. The lowest BCUT2D eigenvalue weighted by Crippen LogP contribution is -2.13. The smallest absolute Gasteiger partial charge is 0.280 e. The molecule has 0 atom stereocenters. The molecule has 7 heteroatoms. The van der Waals surface area contributed by atoms with Crippen molar-refractivity contribution >= 4 is 5.91 Å². The zero-order chi connectivity index (χ0) is 15.6. The van der Waals surface area contributed by atoms with Crippen molar-refractivity contribution in [3.8, 4) is 16.9 Å².